The minimum absolute atomic E-state index is 0.793. The summed E-state index contributed by atoms with van der Waals surface area (Å²) in [4.78, 5) is 0. The molecule has 2 atom stereocenters. The molecule has 13 heavy (non-hydrogen) atoms. The molecule has 2 unspecified atom stereocenters. The van der Waals surface area contributed by atoms with Gasteiger partial charge in [-0.3, -0.25) is 0 Å². The van der Waals surface area contributed by atoms with Crippen molar-refractivity contribution in [2.24, 2.45) is 5.92 Å². The second-order valence-electron chi connectivity index (χ2n) is 4.02. The third kappa shape index (κ3) is 1.05. The molecule has 0 amide bonds. The van der Waals surface area contributed by atoms with Crippen LogP contribution in [-0.2, 0) is 0 Å². The lowest BCUT2D eigenvalue weighted by Crippen LogP contribution is -2.10. The molecule has 0 spiro atoms. The Morgan fingerprint density at radius 1 is 1.46 bits per heavy atom. The molecular weight excluding hydrogens is 228 g/mol. The van der Waals surface area contributed by atoms with Gasteiger partial charge in [-0.2, -0.15) is 0 Å². The Kier molecular flexibility index (Phi) is 1.51. The molecule has 1 saturated carbocycles. The van der Waals surface area contributed by atoms with Gasteiger partial charge in [-0.15, -0.1) is 0 Å². The second-order valence-corrected chi connectivity index (χ2v) is 4.87. The molecule has 68 valence electrons. The van der Waals surface area contributed by atoms with Gasteiger partial charge < -0.3 is 4.74 Å². The smallest absolute Gasteiger partial charge is 0.137 e. The Hall–Kier alpha value is -0.500. The van der Waals surface area contributed by atoms with Gasteiger partial charge in [0.15, 0.2) is 0 Å². The first-order chi connectivity index (χ1) is 6.27. The molecular formula is C11H11BrO. The first-order valence-corrected chi connectivity index (χ1v) is 5.48. The normalized spacial score (nSPS) is 28.8. The number of halogens is 1. The maximum atomic E-state index is 5.74. The van der Waals surface area contributed by atoms with E-state index in [1.807, 2.05) is 0 Å². The van der Waals surface area contributed by atoms with E-state index >= 15 is 0 Å². The maximum absolute atomic E-state index is 5.74. The molecule has 1 nitrogen and oxygen atoms in total. The first-order valence-electron chi connectivity index (χ1n) is 4.69. The van der Waals surface area contributed by atoms with Crippen LogP contribution in [0.15, 0.2) is 16.6 Å². The van der Waals surface area contributed by atoms with Gasteiger partial charge in [0.2, 0.25) is 0 Å². The van der Waals surface area contributed by atoms with Gasteiger partial charge in [0.1, 0.15) is 5.75 Å². The highest BCUT2D eigenvalue weighted by molar-refractivity contribution is 9.10. The Balaban J connectivity index is 2.22. The van der Waals surface area contributed by atoms with Crippen molar-refractivity contribution in [1.29, 1.82) is 0 Å². The zero-order valence-corrected chi connectivity index (χ0v) is 9.10. The van der Waals surface area contributed by atoms with Crippen LogP contribution >= 0.6 is 15.9 Å². The molecule has 0 saturated heterocycles. The molecule has 1 aromatic rings. The molecule has 0 N–H and O–H groups in total. The number of rotatable bonds is 0. The van der Waals surface area contributed by atoms with Crippen LogP contribution in [-0.4, -0.2) is 6.61 Å². The summed E-state index contributed by atoms with van der Waals surface area (Å²) in [5.74, 6) is 2.69. The number of ether oxygens (including phenoxy) is 1. The van der Waals surface area contributed by atoms with E-state index in [-0.39, 0.29) is 0 Å². The first kappa shape index (κ1) is 7.86. The lowest BCUT2D eigenvalue weighted by molar-refractivity contribution is 0.277. The van der Waals surface area contributed by atoms with Crippen LogP contribution in [0.3, 0.4) is 0 Å². The predicted octanol–water partition coefficient (Wildman–Crippen LogP) is 3.25. The molecule has 0 aromatic heterocycles. The van der Waals surface area contributed by atoms with Crippen molar-refractivity contribution in [2.75, 3.05) is 6.61 Å². The van der Waals surface area contributed by atoms with Crippen molar-refractivity contribution in [3.8, 4) is 5.75 Å². The molecule has 0 bridgehead atoms. The molecule has 1 aromatic carbocycles. The predicted molar refractivity (Wildman–Crippen MR) is 55.2 cm³/mol. The lowest BCUT2D eigenvalue weighted by atomic mass is 10.0. The van der Waals surface area contributed by atoms with Crippen molar-refractivity contribution >= 4 is 15.9 Å². The fourth-order valence-electron chi connectivity index (χ4n) is 2.25. The summed E-state index contributed by atoms with van der Waals surface area (Å²) in [5.41, 5.74) is 2.83. The molecule has 2 heteroatoms. The number of hydrogen-bond donors (Lipinski definition) is 0. The van der Waals surface area contributed by atoms with Gasteiger partial charge in [0.25, 0.3) is 0 Å². The number of hydrogen-bond acceptors (Lipinski definition) is 1. The Morgan fingerprint density at radius 2 is 2.31 bits per heavy atom. The monoisotopic (exact) mass is 238 g/mol. The average molecular weight is 239 g/mol. The summed E-state index contributed by atoms with van der Waals surface area (Å²) in [6, 6.07) is 4.25. The number of fused-ring (bicyclic) bond motifs is 3. The van der Waals surface area contributed by atoms with Crippen molar-refractivity contribution < 1.29 is 4.74 Å². The highest BCUT2D eigenvalue weighted by atomic mass is 79.9. The summed E-state index contributed by atoms with van der Waals surface area (Å²) >= 11 is 3.54. The van der Waals surface area contributed by atoms with E-state index < -0.39 is 0 Å². The zero-order chi connectivity index (χ0) is 9.00. The van der Waals surface area contributed by atoms with E-state index in [4.69, 9.17) is 4.74 Å². The highest BCUT2D eigenvalue weighted by Gasteiger charge is 2.45. The van der Waals surface area contributed by atoms with Crippen LogP contribution in [0, 0.1) is 12.8 Å². The van der Waals surface area contributed by atoms with Crippen LogP contribution in [0.25, 0.3) is 0 Å². The topological polar surface area (TPSA) is 9.23 Å². The standard InChI is InChI=1S/C11H11BrO/c1-6-2-3-9(12)11-10(6)8-4-7(8)5-13-11/h2-3,7-8H,4-5H2,1H3. The van der Waals surface area contributed by atoms with Gasteiger partial charge in [0, 0.05) is 11.5 Å². The zero-order valence-electron chi connectivity index (χ0n) is 7.51. The third-order valence-corrected chi connectivity index (χ3v) is 3.73. The van der Waals surface area contributed by atoms with Crippen LogP contribution < -0.4 is 4.74 Å². The van der Waals surface area contributed by atoms with Crippen LogP contribution in [0.1, 0.15) is 23.5 Å². The molecule has 2 aliphatic rings. The van der Waals surface area contributed by atoms with E-state index in [0.717, 1.165) is 28.7 Å². The van der Waals surface area contributed by atoms with Gasteiger partial charge in [-0.25, -0.2) is 0 Å². The van der Waals surface area contributed by atoms with Crippen molar-refractivity contribution in [3.05, 3.63) is 27.7 Å². The van der Waals surface area contributed by atoms with Gasteiger partial charge in [-0.1, -0.05) is 6.07 Å². The SMILES string of the molecule is Cc1ccc(Br)c2c1C1CC1CO2. The Bertz CT molecular complexity index is 373. The van der Waals surface area contributed by atoms with Crippen molar-refractivity contribution in [2.45, 2.75) is 19.3 Å². The highest BCUT2D eigenvalue weighted by Crippen LogP contribution is 2.56. The molecule has 1 aliphatic carbocycles. The lowest BCUT2D eigenvalue weighted by Gasteiger charge is -2.19. The van der Waals surface area contributed by atoms with E-state index in [2.05, 4.69) is 35.0 Å². The summed E-state index contributed by atoms with van der Waals surface area (Å²) in [7, 11) is 0. The molecule has 1 aliphatic heterocycles. The van der Waals surface area contributed by atoms with E-state index in [1.54, 1.807) is 0 Å². The summed E-state index contributed by atoms with van der Waals surface area (Å²) in [6.45, 7) is 3.09. The van der Waals surface area contributed by atoms with Crippen LogP contribution in [0.2, 0.25) is 0 Å². The molecule has 1 fully saturated rings. The van der Waals surface area contributed by atoms with Crippen LogP contribution in [0.4, 0.5) is 0 Å². The maximum Gasteiger partial charge on any atom is 0.137 e. The minimum atomic E-state index is 0.793. The fraction of sp³-hybridized carbons (Fsp3) is 0.455. The summed E-state index contributed by atoms with van der Waals surface area (Å²) in [5, 5.41) is 0. The van der Waals surface area contributed by atoms with E-state index in [0.29, 0.717) is 0 Å². The molecule has 1 heterocycles. The van der Waals surface area contributed by atoms with Crippen molar-refractivity contribution in [1.82, 2.24) is 0 Å². The Labute approximate surface area is 86.2 Å². The van der Waals surface area contributed by atoms with Gasteiger partial charge in [0.05, 0.1) is 11.1 Å². The molecule has 0 radical (unpaired) electrons. The minimum Gasteiger partial charge on any atom is -0.492 e. The largest absolute Gasteiger partial charge is 0.492 e. The quantitative estimate of drug-likeness (QED) is 0.675. The summed E-state index contributed by atoms with van der Waals surface area (Å²) < 4.78 is 6.85. The van der Waals surface area contributed by atoms with Gasteiger partial charge in [-0.05, 0) is 46.8 Å². The van der Waals surface area contributed by atoms with Crippen molar-refractivity contribution in [3.63, 3.8) is 0 Å². The van der Waals surface area contributed by atoms with Gasteiger partial charge >= 0.3 is 0 Å². The van der Waals surface area contributed by atoms with Crippen LogP contribution in [0.5, 0.6) is 5.75 Å². The Morgan fingerprint density at radius 3 is 3.15 bits per heavy atom. The fourth-order valence-corrected chi connectivity index (χ4v) is 2.71. The second kappa shape index (κ2) is 2.50. The average Bonchev–Trinajstić information content (AvgIpc) is 2.89. The number of benzene rings is 1. The molecule has 3 rings (SSSR count). The van der Waals surface area contributed by atoms with E-state index in [1.165, 1.54) is 17.5 Å². The number of aryl methyl sites for hydroxylation is 1. The van der Waals surface area contributed by atoms with E-state index in [9.17, 15) is 0 Å². The summed E-state index contributed by atoms with van der Waals surface area (Å²) in [6.07, 6.45) is 1.32. The third-order valence-electron chi connectivity index (χ3n) is 3.10.